The molecule has 0 bridgehead atoms. The first-order valence-corrected chi connectivity index (χ1v) is 8.69. The molecule has 3 fully saturated rings. The van der Waals surface area contributed by atoms with Crippen LogP contribution in [0.5, 0.6) is 0 Å². The molecule has 0 aromatic rings. The lowest BCUT2D eigenvalue weighted by Crippen LogP contribution is -2.59. The molecule has 0 radical (unpaired) electrons. The van der Waals surface area contributed by atoms with Gasteiger partial charge >= 0.3 is 0 Å². The summed E-state index contributed by atoms with van der Waals surface area (Å²) in [5.41, 5.74) is 0.652. The molecule has 2 aliphatic heterocycles. The van der Waals surface area contributed by atoms with Gasteiger partial charge in [0.15, 0.2) is 0 Å². The van der Waals surface area contributed by atoms with Crippen LogP contribution in [0.15, 0.2) is 0 Å². The van der Waals surface area contributed by atoms with E-state index in [-0.39, 0.29) is 0 Å². The van der Waals surface area contributed by atoms with Gasteiger partial charge in [-0.2, -0.15) is 0 Å². The van der Waals surface area contributed by atoms with Crippen LogP contribution in [0.1, 0.15) is 58.8 Å². The SMILES string of the molecule is CCN1CCC(CN2CCC(C)CC23CCC3)CC1. The van der Waals surface area contributed by atoms with Crippen molar-refractivity contribution in [3.8, 4) is 0 Å². The summed E-state index contributed by atoms with van der Waals surface area (Å²) in [6.45, 7) is 11.5. The zero-order valence-electron chi connectivity index (χ0n) is 13.0. The molecule has 2 heteroatoms. The van der Waals surface area contributed by atoms with Crippen molar-refractivity contribution in [2.24, 2.45) is 11.8 Å². The first-order valence-electron chi connectivity index (χ1n) is 8.69. The Kier molecular flexibility index (Phi) is 4.19. The van der Waals surface area contributed by atoms with E-state index in [9.17, 15) is 0 Å². The van der Waals surface area contributed by atoms with E-state index in [0.717, 1.165) is 11.8 Å². The maximum absolute atomic E-state index is 2.92. The highest BCUT2D eigenvalue weighted by Crippen LogP contribution is 2.46. The number of hydrogen-bond acceptors (Lipinski definition) is 2. The van der Waals surface area contributed by atoms with Gasteiger partial charge in [0.05, 0.1) is 0 Å². The van der Waals surface area contributed by atoms with Gasteiger partial charge in [0, 0.05) is 12.1 Å². The molecule has 1 spiro atoms. The van der Waals surface area contributed by atoms with Crippen LogP contribution < -0.4 is 0 Å². The van der Waals surface area contributed by atoms with E-state index in [0.29, 0.717) is 5.54 Å². The highest BCUT2D eigenvalue weighted by molar-refractivity contribution is 5.02. The van der Waals surface area contributed by atoms with E-state index < -0.39 is 0 Å². The summed E-state index contributed by atoms with van der Waals surface area (Å²) in [5, 5.41) is 0. The molecule has 2 nitrogen and oxygen atoms in total. The predicted molar refractivity (Wildman–Crippen MR) is 81.4 cm³/mol. The lowest BCUT2D eigenvalue weighted by molar-refractivity contribution is -0.0478. The number of likely N-dealkylation sites (tertiary alicyclic amines) is 2. The standard InChI is InChI=1S/C17H32N2/c1-3-18-10-6-16(7-11-18)14-19-12-5-15(2)13-17(19)8-4-9-17/h15-16H,3-14H2,1-2H3. The second kappa shape index (κ2) is 5.73. The molecule has 0 aromatic heterocycles. The Balaban J connectivity index is 1.54. The largest absolute Gasteiger partial charge is 0.304 e. The van der Waals surface area contributed by atoms with Crippen LogP contribution >= 0.6 is 0 Å². The van der Waals surface area contributed by atoms with E-state index in [2.05, 4.69) is 23.6 Å². The van der Waals surface area contributed by atoms with Crippen molar-refractivity contribution in [3.63, 3.8) is 0 Å². The van der Waals surface area contributed by atoms with Crippen LogP contribution in [0.25, 0.3) is 0 Å². The molecule has 2 heterocycles. The van der Waals surface area contributed by atoms with E-state index >= 15 is 0 Å². The number of piperidine rings is 2. The first kappa shape index (κ1) is 13.9. The summed E-state index contributed by atoms with van der Waals surface area (Å²) in [7, 11) is 0. The minimum atomic E-state index is 0.652. The molecule has 3 aliphatic rings. The molecule has 1 unspecified atom stereocenters. The summed E-state index contributed by atoms with van der Waals surface area (Å²) in [5.74, 6) is 1.95. The van der Waals surface area contributed by atoms with Gasteiger partial charge in [-0.15, -0.1) is 0 Å². The van der Waals surface area contributed by atoms with Crippen LogP contribution in [0.2, 0.25) is 0 Å². The first-order chi connectivity index (χ1) is 9.22. The summed E-state index contributed by atoms with van der Waals surface area (Å²) < 4.78 is 0. The predicted octanol–water partition coefficient (Wildman–Crippen LogP) is 3.37. The van der Waals surface area contributed by atoms with Crippen LogP contribution in [0.4, 0.5) is 0 Å². The Morgan fingerprint density at radius 2 is 1.79 bits per heavy atom. The maximum Gasteiger partial charge on any atom is 0.0212 e. The third kappa shape index (κ3) is 2.85. The number of hydrogen-bond donors (Lipinski definition) is 0. The Labute approximate surface area is 119 Å². The molecule has 1 saturated carbocycles. The highest BCUT2D eigenvalue weighted by Gasteiger charge is 2.45. The molecular formula is C17H32N2. The molecule has 3 rings (SSSR count). The van der Waals surface area contributed by atoms with Gasteiger partial charge in [-0.25, -0.2) is 0 Å². The second-order valence-corrected chi connectivity index (χ2v) is 7.50. The minimum Gasteiger partial charge on any atom is -0.304 e. The third-order valence-electron chi connectivity index (χ3n) is 6.21. The van der Waals surface area contributed by atoms with E-state index in [1.165, 1.54) is 77.7 Å². The van der Waals surface area contributed by atoms with Crippen molar-refractivity contribution in [2.75, 3.05) is 32.7 Å². The molecule has 1 aliphatic carbocycles. The fourth-order valence-electron chi connectivity index (χ4n) is 4.68. The molecule has 1 atom stereocenters. The van der Waals surface area contributed by atoms with Gasteiger partial charge in [0.25, 0.3) is 0 Å². The zero-order chi connectivity index (χ0) is 13.3. The van der Waals surface area contributed by atoms with Crippen LogP contribution in [-0.2, 0) is 0 Å². The minimum absolute atomic E-state index is 0.652. The van der Waals surface area contributed by atoms with Gasteiger partial charge in [-0.3, -0.25) is 4.90 Å². The van der Waals surface area contributed by atoms with Crippen molar-refractivity contribution < 1.29 is 0 Å². The number of nitrogens with zero attached hydrogens (tertiary/aromatic N) is 2. The van der Waals surface area contributed by atoms with E-state index in [4.69, 9.17) is 0 Å². The maximum atomic E-state index is 2.92. The van der Waals surface area contributed by atoms with Crippen LogP contribution in [0, 0.1) is 11.8 Å². The van der Waals surface area contributed by atoms with Crippen molar-refractivity contribution in [3.05, 3.63) is 0 Å². The molecule has 0 aromatic carbocycles. The van der Waals surface area contributed by atoms with Gasteiger partial charge < -0.3 is 4.90 Å². The molecular weight excluding hydrogens is 232 g/mol. The average molecular weight is 264 g/mol. The molecule has 0 amide bonds. The third-order valence-corrected chi connectivity index (χ3v) is 6.21. The molecule has 19 heavy (non-hydrogen) atoms. The fraction of sp³-hybridized carbons (Fsp3) is 1.00. The number of rotatable bonds is 3. The van der Waals surface area contributed by atoms with Gasteiger partial charge in [-0.1, -0.05) is 13.8 Å². The van der Waals surface area contributed by atoms with Crippen molar-refractivity contribution in [1.82, 2.24) is 9.80 Å². The normalized spacial score (nSPS) is 33.5. The summed E-state index contributed by atoms with van der Waals surface area (Å²) in [4.78, 5) is 5.54. The average Bonchev–Trinajstić information content (AvgIpc) is 2.40. The van der Waals surface area contributed by atoms with Crippen molar-refractivity contribution in [1.29, 1.82) is 0 Å². The van der Waals surface area contributed by atoms with Crippen LogP contribution in [-0.4, -0.2) is 48.1 Å². The summed E-state index contributed by atoms with van der Waals surface area (Å²) >= 11 is 0. The summed E-state index contributed by atoms with van der Waals surface area (Å²) in [6.07, 6.45) is 10.3. The van der Waals surface area contributed by atoms with Gasteiger partial charge in [0.2, 0.25) is 0 Å². The lowest BCUT2D eigenvalue weighted by atomic mass is 9.67. The lowest BCUT2D eigenvalue weighted by Gasteiger charge is -2.56. The Bertz CT molecular complexity index is 290. The quantitative estimate of drug-likeness (QED) is 0.771. The van der Waals surface area contributed by atoms with E-state index in [1.54, 1.807) is 0 Å². The fourth-order valence-corrected chi connectivity index (χ4v) is 4.68. The topological polar surface area (TPSA) is 6.48 Å². The Hall–Kier alpha value is -0.0800. The monoisotopic (exact) mass is 264 g/mol. The zero-order valence-corrected chi connectivity index (χ0v) is 13.0. The van der Waals surface area contributed by atoms with Gasteiger partial charge in [-0.05, 0) is 83.0 Å². The second-order valence-electron chi connectivity index (χ2n) is 7.50. The van der Waals surface area contributed by atoms with E-state index in [1.807, 2.05) is 0 Å². The molecule has 0 N–H and O–H groups in total. The smallest absolute Gasteiger partial charge is 0.0212 e. The van der Waals surface area contributed by atoms with Gasteiger partial charge in [0.1, 0.15) is 0 Å². The van der Waals surface area contributed by atoms with Crippen molar-refractivity contribution in [2.45, 2.75) is 64.3 Å². The molecule has 2 saturated heterocycles. The highest BCUT2D eigenvalue weighted by atomic mass is 15.2. The molecule has 110 valence electrons. The van der Waals surface area contributed by atoms with Crippen LogP contribution in [0.3, 0.4) is 0 Å². The Morgan fingerprint density at radius 1 is 1.05 bits per heavy atom. The summed E-state index contributed by atoms with van der Waals surface area (Å²) in [6, 6.07) is 0. The Morgan fingerprint density at radius 3 is 2.37 bits per heavy atom. The van der Waals surface area contributed by atoms with Crippen molar-refractivity contribution >= 4 is 0 Å².